The highest BCUT2D eigenvalue weighted by molar-refractivity contribution is 5.91. The zero-order chi connectivity index (χ0) is 11.2. The second-order valence-corrected chi connectivity index (χ2v) is 3.95. The fraction of sp³-hybridized carbons (Fsp3) is 0. The van der Waals surface area contributed by atoms with E-state index in [1.54, 1.807) is 12.5 Å². The van der Waals surface area contributed by atoms with Crippen molar-refractivity contribution in [2.24, 2.45) is 0 Å². The molecule has 0 spiro atoms. The SMILES string of the molecule is c1ccc2c(c1)cc1cnc3cncnc3n12. The summed E-state index contributed by atoms with van der Waals surface area (Å²) in [5, 5.41) is 1.19. The van der Waals surface area contributed by atoms with Gasteiger partial charge < -0.3 is 0 Å². The van der Waals surface area contributed by atoms with Gasteiger partial charge in [-0.3, -0.25) is 4.40 Å². The van der Waals surface area contributed by atoms with Crippen LogP contribution in [0.3, 0.4) is 0 Å². The van der Waals surface area contributed by atoms with Gasteiger partial charge in [0.05, 0.1) is 23.4 Å². The lowest BCUT2D eigenvalue weighted by atomic mass is 10.2. The van der Waals surface area contributed by atoms with Crippen molar-refractivity contribution in [1.82, 2.24) is 19.4 Å². The molecule has 0 unspecified atom stereocenters. The molecular weight excluding hydrogens is 212 g/mol. The van der Waals surface area contributed by atoms with E-state index in [0.717, 1.165) is 22.2 Å². The van der Waals surface area contributed by atoms with E-state index in [4.69, 9.17) is 0 Å². The fourth-order valence-corrected chi connectivity index (χ4v) is 2.22. The van der Waals surface area contributed by atoms with E-state index in [1.165, 1.54) is 5.39 Å². The highest BCUT2D eigenvalue weighted by atomic mass is 15.0. The predicted octanol–water partition coefficient (Wildman–Crippen LogP) is 2.43. The Labute approximate surface area is 96.6 Å². The molecule has 0 atom stereocenters. The molecule has 0 bridgehead atoms. The molecule has 0 aliphatic rings. The van der Waals surface area contributed by atoms with Gasteiger partial charge in [-0.2, -0.15) is 0 Å². The molecule has 0 amide bonds. The first kappa shape index (κ1) is 8.64. The maximum absolute atomic E-state index is 4.36. The first-order valence-corrected chi connectivity index (χ1v) is 5.38. The number of para-hydroxylation sites is 1. The lowest BCUT2D eigenvalue weighted by Crippen LogP contribution is -1.93. The molecule has 0 aliphatic heterocycles. The largest absolute Gasteiger partial charge is 0.291 e. The van der Waals surface area contributed by atoms with E-state index >= 15 is 0 Å². The third-order valence-corrected chi connectivity index (χ3v) is 2.96. The monoisotopic (exact) mass is 220 g/mol. The first-order chi connectivity index (χ1) is 8.43. The number of hydrogen-bond acceptors (Lipinski definition) is 3. The second-order valence-electron chi connectivity index (χ2n) is 3.95. The molecule has 4 aromatic rings. The van der Waals surface area contributed by atoms with Crippen LogP contribution in [0.2, 0.25) is 0 Å². The van der Waals surface area contributed by atoms with Crippen LogP contribution >= 0.6 is 0 Å². The van der Waals surface area contributed by atoms with Crippen molar-refractivity contribution in [3.05, 3.63) is 49.1 Å². The Hall–Kier alpha value is -2.49. The molecule has 4 heteroatoms. The summed E-state index contributed by atoms with van der Waals surface area (Å²) in [6.07, 6.45) is 5.14. The average molecular weight is 220 g/mol. The molecule has 0 aliphatic carbocycles. The molecule has 0 N–H and O–H groups in total. The average Bonchev–Trinajstić information content (AvgIpc) is 2.77. The van der Waals surface area contributed by atoms with E-state index in [2.05, 4.69) is 37.6 Å². The quantitative estimate of drug-likeness (QED) is 0.457. The maximum atomic E-state index is 4.36. The summed E-state index contributed by atoms with van der Waals surface area (Å²) in [6.45, 7) is 0. The van der Waals surface area contributed by atoms with Gasteiger partial charge in [0.2, 0.25) is 0 Å². The van der Waals surface area contributed by atoms with Gasteiger partial charge >= 0.3 is 0 Å². The van der Waals surface area contributed by atoms with E-state index in [-0.39, 0.29) is 0 Å². The molecule has 4 rings (SSSR count). The summed E-state index contributed by atoms with van der Waals surface area (Å²) in [6, 6.07) is 10.4. The van der Waals surface area contributed by atoms with E-state index in [9.17, 15) is 0 Å². The number of aromatic nitrogens is 4. The van der Waals surface area contributed by atoms with Gasteiger partial charge in [0.1, 0.15) is 11.8 Å². The molecule has 0 fully saturated rings. The zero-order valence-electron chi connectivity index (χ0n) is 8.91. The summed E-state index contributed by atoms with van der Waals surface area (Å²) >= 11 is 0. The third-order valence-electron chi connectivity index (χ3n) is 2.96. The summed E-state index contributed by atoms with van der Waals surface area (Å²) in [7, 11) is 0. The minimum absolute atomic E-state index is 0.807. The van der Waals surface area contributed by atoms with Crippen molar-refractivity contribution < 1.29 is 0 Å². The summed E-state index contributed by atoms with van der Waals surface area (Å²) < 4.78 is 2.11. The lowest BCUT2D eigenvalue weighted by molar-refractivity contribution is 1.13. The summed E-state index contributed by atoms with van der Waals surface area (Å²) in [5.41, 5.74) is 3.85. The number of benzene rings is 1. The van der Waals surface area contributed by atoms with Crippen molar-refractivity contribution in [1.29, 1.82) is 0 Å². The molecular formula is C13H8N4. The highest BCUT2D eigenvalue weighted by Crippen LogP contribution is 2.22. The van der Waals surface area contributed by atoms with Crippen molar-refractivity contribution in [2.75, 3.05) is 0 Å². The van der Waals surface area contributed by atoms with Crippen molar-refractivity contribution in [3.63, 3.8) is 0 Å². The molecule has 0 saturated heterocycles. The van der Waals surface area contributed by atoms with Crippen LogP contribution in [0.4, 0.5) is 0 Å². The van der Waals surface area contributed by atoms with Crippen molar-refractivity contribution in [2.45, 2.75) is 0 Å². The maximum Gasteiger partial charge on any atom is 0.167 e. The number of fused-ring (bicyclic) bond motifs is 5. The van der Waals surface area contributed by atoms with Crippen molar-refractivity contribution >= 4 is 27.6 Å². The first-order valence-electron chi connectivity index (χ1n) is 5.38. The third kappa shape index (κ3) is 1.09. The number of hydrogen-bond donors (Lipinski definition) is 0. The van der Waals surface area contributed by atoms with E-state index in [1.807, 2.05) is 18.3 Å². The molecule has 1 aromatic carbocycles. The van der Waals surface area contributed by atoms with Gasteiger partial charge in [0.25, 0.3) is 0 Å². The Kier molecular flexibility index (Phi) is 1.53. The van der Waals surface area contributed by atoms with Gasteiger partial charge in [-0.25, -0.2) is 15.0 Å². The van der Waals surface area contributed by atoms with Gasteiger partial charge in [-0.1, -0.05) is 18.2 Å². The molecule has 80 valence electrons. The van der Waals surface area contributed by atoms with Gasteiger partial charge in [-0.05, 0) is 12.1 Å². The van der Waals surface area contributed by atoms with Gasteiger partial charge in [0, 0.05) is 5.39 Å². The van der Waals surface area contributed by atoms with Crippen LogP contribution in [-0.4, -0.2) is 19.4 Å². The van der Waals surface area contributed by atoms with Gasteiger partial charge in [0.15, 0.2) is 5.65 Å². The van der Waals surface area contributed by atoms with Crippen LogP contribution in [0.15, 0.2) is 49.1 Å². The van der Waals surface area contributed by atoms with Crippen LogP contribution in [0.25, 0.3) is 27.6 Å². The second kappa shape index (κ2) is 3.01. The lowest BCUT2D eigenvalue weighted by Gasteiger charge is -2.01. The number of rotatable bonds is 0. The topological polar surface area (TPSA) is 43.1 Å². The molecule has 17 heavy (non-hydrogen) atoms. The minimum atomic E-state index is 0.807. The van der Waals surface area contributed by atoms with Gasteiger partial charge in [-0.15, -0.1) is 0 Å². The Bertz CT molecular complexity index is 842. The van der Waals surface area contributed by atoms with E-state index < -0.39 is 0 Å². The van der Waals surface area contributed by atoms with Crippen LogP contribution in [0.1, 0.15) is 0 Å². The Balaban J connectivity index is 2.38. The minimum Gasteiger partial charge on any atom is -0.291 e. The highest BCUT2D eigenvalue weighted by Gasteiger charge is 2.06. The van der Waals surface area contributed by atoms with Crippen LogP contribution < -0.4 is 0 Å². The fourth-order valence-electron chi connectivity index (χ4n) is 2.22. The van der Waals surface area contributed by atoms with Crippen LogP contribution in [-0.2, 0) is 0 Å². The smallest absolute Gasteiger partial charge is 0.167 e. The zero-order valence-corrected chi connectivity index (χ0v) is 8.91. The van der Waals surface area contributed by atoms with Crippen LogP contribution in [0.5, 0.6) is 0 Å². The van der Waals surface area contributed by atoms with Crippen molar-refractivity contribution in [3.8, 4) is 0 Å². The Morgan fingerprint density at radius 3 is 2.94 bits per heavy atom. The standard InChI is InChI=1S/C13H8N4/c1-2-4-12-9(3-1)5-10-6-15-11-7-14-8-16-13(11)17(10)12/h1-8H. The normalized spacial score (nSPS) is 11.5. The Morgan fingerprint density at radius 1 is 1.00 bits per heavy atom. The molecule has 0 radical (unpaired) electrons. The predicted molar refractivity (Wildman–Crippen MR) is 65.8 cm³/mol. The summed E-state index contributed by atoms with van der Waals surface area (Å²) in [4.78, 5) is 12.7. The van der Waals surface area contributed by atoms with Crippen LogP contribution in [0, 0.1) is 0 Å². The molecule has 4 nitrogen and oxygen atoms in total. The molecule has 3 heterocycles. The summed E-state index contributed by atoms with van der Waals surface area (Å²) in [5.74, 6) is 0. The van der Waals surface area contributed by atoms with E-state index in [0.29, 0.717) is 0 Å². The molecule has 3 aromatic heterocycles. The Morgan fingerprint density at radius 2 is 1.94 bits per heavy atom. The molecule has 0 saturated carbocycles. The number of nitrogens with zero attached hydrogens (tertiary/aromatic N) is 4.